The minimum atomic E-state index is -0.0350. The SMILES string of the molecule is Cc1onc(C(C)C)c1C(=O)N1CCCCCCCCN(C(=O)CC(C)C)c2ccccc2C1. The summed E-state index contributed by atoms with van der Waals surface area (Å²) in [6.07, 6.45) is 7.01. The van der Waals surface area contributed by atoms with Crippen LogP contribution in [0.5, 0.6) is 0 Å². The minimum Gasteiger partial charge on any atom is -0.361 e. The van der Waals surface area contributed by atoms with Gasteiger partial charge in [-0.15, -0.1) is 0 Å². The molecular weight excluding hydrogens is 426 g/mol. The Labute approximate surface area is 204 Å². The van der Waals surface area contributed by atoms with Gasteiger partial charge in [0, 0.05) is 31.7 Å². The summed E-state index contributed by atoms with van der Waals surface area (Å²) in [5, 5.41) is 4.18. The van der Waals surface area contributed by atoms with Crippen LogP contribution in [0.2, 0.25) is 0 Å². The summed E-state index contributed by atoms with van der Waals surface area (Å²) in [5.74, 6) is 1.09. The average molecular weight is 468 g/mol. The average Bonchev–Trinajstić information content (AvgIpc) is 3.18. The molecule has 0 atom stereocenters. The summed E-state index contributed by atoms with van der Waals surface area (Å²) in [4.78, 5) is 30.9. The van der Waals surface area contributed by atoms with E-state index < -0.39 is 0 Å². The standard InChI is InChI=1S/C28H41N3O3/c1-20(2)18-25(32)31-17-13-9-7-6-8-12-16-30(19-23-14-10-11-15-24(23)31)28(33)26-22(5)34-29-27(26)21(3)4/h10-11,14-15,20-21H,6-9,12-13,16-19H2,1-5H3. The van der Waals surface area contributed by atoms with Crippen molar-refractivity contribution in [3.63, 3.8) is 0 Å². The maximum atomic E-state index is 13.8. The fraction of sp³-hybridized carbons (Fsp3) is 0.607. The molecule has 2 heterocycles. The Balaban J connectivity index is 1.99. The summed E-state index contributed by atoms with van der Waals surface area (Å²) in [5.41, 5.74) is 3.24. The van der Waals surface area contributed by atoms with Crippen LogP contribution in [0.4, 0.5) is 5.69 Å². The second kappa shape index (κ2) is 12.2. The molecule has 2 aromatic rings. The van der Waals surface area contributed by atoms with E-state index in [0.29, 0.717) is 42.4 Å². The van der Waals surface area contributed by atoms with Crippen LogP contribution in [0.3, 0.4) is 0 Å². The van der Waals surface area contributed by atoms with Crippen LogP contribution >= 0.6 is 0 Å². The zero-order chi connectivity index (χ0) is 24.7. The largest absolute Gasteiger partial charge is 0.361 e. The zero-order valence-corrected chi connectivity index (χ0v) is 21.6. The summed E-state index contributed by atoms with van der Waals surface area (Å²) in [6.45, 7) is 11.9. The molecule has 186 valence electrons. The third kappa shape index (κ3) is 6.49. The van der Waals surface area contributed by atoms with Crippen molar-refractivity contribution < 1.29 is 14.1 Å². The van der Waals surface area contributed by atoms with Gasteiger partial charge in [-0.05, 0) is 43.2 Å². The first-order valence-electron chi connectivity index (χ1n) is 12.9. The molecule has 0 saturated carbocycles. The van der Waals surface area contributed by atoms with Crippen LogP contribution in [0.15, 0.2) is 28.8 Å². The molecule has 0 bridgehead atoms. The number of hydrogen-bond acceptors (Lipinski definition) is 4. The number of amides is 2. The van der Waals surface area contributed by atoms with Gasteiger partial charge in [-0.25, -0.2) is 0 Å². The van der Waals surface area contributed by atoms with E-state index >= 15 is 0 Å². The second-order valence-corrected chi connectivity index (χ2v) is 10.3. The molecule has 6 nitrogen and oxygen atoms in total. The second-order valence-electron chi connectivity index (χ2n) is 10.3. The van der Waals surface area contributed by atoms with Crippen molar-refractivity contribution in [1.29, 1.82) is 0 Å². The molecule has 0 fully saturated rings. The van der Waals surface area contributed by atoms with E-state index in [9.17, 15) is 9.59 Å². The fourth-order valence-corrected chi connectivity index (χ4v) is 4.69. The molecule has 1 aromatic heterocycles. The first kappa shape index (κ1) is 26.0. The third-order valence-corrected chi connectivity index (χ3v) is 6.52. The highest BCUT2D eigenvalue weighted by Crippen LogP contribution is 2.28. The molecule has 0 aliphatic carbocycles. The molecule has 2 amide bonds. The van der Waals surface area contributed by atoms with Gasteiger partial charge in [-0.3, -0.25) is 9.59 Å². The van der Waals surface area contributed by atoms with E-state index in [2.05, 4.69) is 25.1 Å². The Morgan fingerprint density at radius 3 is 2.29 bits per heavy atom. The van der Waals surface area contributed by atoms with Crippen LogP contribution in [-0.4, -0.2) is 35.0 Å². The number of aromatic nitrogens is 1. The first-order chi connectivity index (χ1) is 16.3. The number of hydrogen-bond donors (Lipinski definition) is 0. The van der Waals surface area contributed by atoms with E-state index in [4.69, 9.17) is 4.52 Å². The Hall–Kier alpha value is -2.63. The lowest BCUT2D eigenvalue weighted by atomic mass is 10.0. The number of anilines is 1. The number of nitrogens with zero attached hydrogens (tertiary/aromatic N) is 3. The Morgan fingerprint density at radius 1 is 0.971 bits per heavy atom. The predicted molar refractivity (Wildman–Crippen MR) is 136 cm³/mol. The number of carbonyl (C=O) groups is 2. The summed E-state index contributed by atoms with van der Waals surface area (Å²) in [7, 11) is 0. The van der Waals surface area contributed by atoms with Gasteiger partial charge in [-0.2, -0.15) is 0 Å². The van der Waals surface area contributed by atoms with Gasteiger partial charge in [0.15, 0.2) is 0 Å². The molecule has 1 aliphatic heterocycles. The van der Waals surface area contributed by atoms with Gasteiger partial charge in [0.1, 0.15) is 11.3 Å². The van der Waals surface area contributed by atoms with Crippen molar-refractivity contribution in [3.05, 3.63) is 46.8 Å². The molecule has 34 heavy (non-hydrogen) atoms. The maximum absolute atomic E-state index is 13.8. The van der Waals surface area contributed by atoms with E-state index in [1.807, 2.05) is 48.8 Å². The molecule has 0 saturated heterocycles. The maximum Gasteiger partial charge on any atom is 0.259 e. The van der Waals surface area contributed by atoms with Crippen LogP contribution in [0.25, 0.3) is 0 Å². The van der Waals surface area contributed by atoms with E-state index in [1.54, 1.807) is 0 Å². The molecule has 6 heteroatoms. The zero-order valence-electron chi connectivity index (χ0n) is 21.6. The Kier molecular flexibility index (Phi) is 9.31. The lowest BCUT2D eigenvalue weighted by Gasteiger charge is -2.29. The van der Waals surface area contributed by atoms with Crippen LogP contribution in [-0.2, 0) is 11.3 Å². The fourth-order valence-electron chi connectivity index (χ4n) is 4.69. The molecule has 0 unspecified atom stereocenters. The number of para-hydroxylation sites is 1. The van der Waals surface area contributed by atoms with Crippen LogP contribution in [0, 0.1) is 12.8 Å². The monoisotopic (exact) mass is 467 g/mol. The van der Waals surface area contributed by atoms with Gasteiger partial charge in [-0.1, -0.05) is 76.7 Å². The quantitative estimate of drug-likeness (QED) is 0.516. The molecule has 3 rings (SSSR count). The molecule has 1 aliphatic rings. The van der Waals surface area contributed by atoms with Crippen molar-refractivity contribution >= 4 is 17.5 Å². The van der Waals surface area contributed by atoms with Gasteiger partial charge >= 0.3 is 0 Å². The normalized spacial score (nSPS) is 16.1. The first-order valence-corrected chi connectivity index (χ1v) is 12.9. The van der Waals surface area contributed by atoms with Crippen molar-refractivity contribution in [2.75, 3.05) is 18.0 Å². The molecular formula is C28H41N3O3. The number of carbonyl (C=O) groups excluding carboxylic acids is 2. The summed E-state index contributed by atoms with van der Waals surface area (Å²) in [6, 6.07) is 8.06. The van der Waals surface area contributed by atoms with Crippen LogP contribution in [0.1, 0.15) is 106 Å². The van der Waals surface area contributed by atoms with Crippen molar-refractivity contribution in [2.45, 2.75) is 92.0 Å². The van der Waals surface area contributed by atoms with E-state index in [0.717, 1.165) is 56.3 Å². The van der Waals surface area contributed by atoms with Crippen molar-refractivity contribution in [2.24, 2.45) is 5.92 Å². The summed E-state index contributed by atoms with van der Waals surface area (Å²) < 4.78 is 5.43. The topological polar surface area (TPSA) is 66.7 Å². The smallest absolute Gasteiger partial charge is 0.259 e. The Morgan fingerprint density at radius 2 is 1.62 bits per heavy atom. The minimum absolute atomic E-state index is 0.0350. The number of benzene rings is 1. The molecule has 0 radical (unpaired) electrons. The predicted octanol–water partition coefficient (Wildman–Crippen LogP) is 6.48. The molecule has 1 aromatic carbocycles. The highest BCUT2D eigenvalue weighted by atomic mass is 16.5. The molecule has 0 spiro atoms. The van der Waals surface area contributed by atoms with Crippen molar-refractivity contribution in [3.8, 4) is 0 Å². The Bertz CT molecular complexity index is 964. The van der Waals surface area contributed by atoms with Gasteiger partial charge in [0.05, 0.1) is 5.69 Å². The van der Waals surface area contributed by atoms with Gasteiger partial charge in [0.2, 0.25) is 5.91 Å². The van der Waals surface area contributed by atoms with Crippen LogP contribution < -0.4 is 4.90 Å². The highest BCUT2D eigenvalue weighted by Gasteiger charge is 2.28. The number of rotatable bonds is 4. The number of fused-ring (bicyclic) bond motifs is 1. The van der Waals surface area contributed by atoms with Crippen molar-refractivity contribution in [1.82, 2.24) is 10.1 Å². The lowest BCUT2D eigenvalue weighted by Crippen LogP contribution is -2.36. The van der Waals surface area contributed by atoms with E-state index in [-0.39, 0.29) is 17.7 Å². The van der Waals surface area contributed by atoms with Gasteiger partial charge in [0.25, 0.3) is 5.91 Å². The van der Waals surface area contributed by atoms with Gasteiger partial charge < -0.3 is 14.3 Å². The lowest BCUT2D eigenvalue weighted by molar-refractivity contribution is -0.119. The highest BCUT2D eigenvalue weighted by molar-refractivity contribution is 5.97. The number of aryl methyl sites for hydroxylation is 1. The molecule has 0 N–H and O–H groups in total. The van der Waals surface area contributed by atoms with E-state index in [1.165, 1.54) is 0 Å². The summed E-state index contributed by atoms with van der Waals surface area (Å²) >= 11 is 0. The third-order valence-electron chi connectivity index (χ3n) is 6.52.